The lowest BCUT2D eigenvalue weighted by Gasteiger charge is -2.32. The van der Waals surface area contributed by atoms with Crippen molar-refractivity contribution in [3.63, 3.8) is 0 Å². The molecule has 2 rings (SSSR count). The smallest absolute Gasteiger partial charge is 0.339 e. The van der Waals surface area contributed by atoms with Gasteiger partial charge in [0.1, 0.15) is 10.7 Å². The molecule has 0 saturated heterocycles. The zero-order chi connectivity index (χ0) is 24.1. The van der Waals surface area contributed by atoms with Crippen LogP contribution in [0.1, 0.15) is 46.6 Å². The second-order valence-corrected chi connectivity index (χ2v) is 10.1. The number of ether oxygens (including phenoxy) is 1. The summed E-state index contributed by atoms with van der Waals surface area (Å²) in [5.41, 5.74) is 0.264. The van der Waals surface area contributed by atoms with Crippen LogP contribution < -0.4 is 14.2 Å². The van der Waals surface area contributed by atoms with Crippen LogP contribution in [0.15, 0.2) is 47.4 Å². The molecule has 2 amide bonds. The van der Waals surface area contributed by atoms with E-state index in [0.29, 0.717) is 5.56 Å². The number of carbonyl (C=O) groups is 1. The number of nitrogens with one attached hydrogen (secondary N) is 1. The zero-order valence-corrected chi connectivity index (χ0v) is 20.1. The molecule has 0 bridgehead atoms. The first-order valence-electron chi connectivity index (χ1n) is 10.3. The van der Waals surface area contributed by atoms with Crippen molar-refractivity contribution in [2.75, 3.05) is 7.11 Å². The van der Waals surface area contributed by atoms with Crippen molar-refractivity contribution in [2.24, 2.45) is 0 Å². The quantitative estimate of drug-likeness (QED) is 0.570. The minimum absolute atomic E-state index is 0.0188. The third kappa shape index (κ3) is 6.85. The van der Waals surface area contributed by atoms with Gasteiger partial charge in [-0.05, 0) is 76.1 Å². The molecule has 0 aliphatic rings. The van der Waals surface area contributed by atoms with E-state index in [0.717, 1.165) is 30.7 Å². The minimum Gasteiger partial charge on any atom is -0.493 e. The Balaban J connectivity index is 2.35. The summed E-state index contributed by atoms with van der Waals surface area (Å²) >= 11 is 0. The SMILES string of the molecule is CC[C@@H](C)N(Cc1ccc(OC)c(OS(=O)(=O)c2ccc(F)cc2)c1)C(=O)NC(C)(C)C. The van der Waals surface area contributed by atoms with E-state index in [1.807, 2.05) is 34.6 Å². The lowest BCUT2D eigenvalue weighted by Crippen LogP contribution is -2.50. The van der Waals surface area contributed by atoms with Gasteiger partial charge in [0, 0.05) is 18.1 Å². The molecule has 1 N–H and O–H groups in total. The van der Waals surface area contributed by atoms with E-state index < -0.39 is 21.5 Å². The fourth-order valence-corrected chi connectivity index (χ4v) is 3.82. The van der Waals surface area contributed by atoms with Gasteiger partial charge >= 0.3 is 16.1 Å². The van der Waals surface area contributed by atoms with E-state index >= 15 is 0 Å². The minimum atomic E-state index is -4.21. The third-order valence-electron chi connectivity index (χ3n) is 4.75. The van der Waals surface area contributed by atoms with Crippen LogP contribution in [-0.2, 0) is 16.7 Å². The van der Waals surface area contributed by atoms with Crippen molar-refractivity contribution in [1.82, 2.24) is 10.2 Å². The van der Waals surface area contributed by atoms with Gasteiger partial charge in [-0.1, -0.05) is 13.0 Å². The topological polar surface area (TPSA) is 84.9 Å². The van der Waals surface area contributed by atoms with Gasteiger partial charge in [-0.15, -0.1) is 0 Å². The van der Waals surface area contributed by atoms with Gasteiger partial charge in [-0.2, -0.15) is 8.42 Å². The van der Waals surface area contributed by atoms with Crippen molar-refractivity contribution in [1.29, 1.82) is 0 Å². The van der Waals surface area contributed by atoms with Crippen LogP contribution in [0.5, 0.6) is 11.5 Å². The predicted octanol–water partition coefficient (Wildman–Crippen LogP) is 4.71. The largest absolute Gasteiger partial charge is 0.493 e. The standard InChI is InChI=1S/C23H31FN2O5S/c1-7-16(2)26(22(27)25-23(3,4)5)15-17-8-13-20(30-6)21(14-17)31-32(28,29)19-11-9-18(24)10-12-19/h8-14,16H,7,15H2,1-6H3,(H,25,27)/t16-/m1/s1. The molecule has 0 saturated carbocycles. The summed E-state index contributed by atoms with van der Waals surface area (Å²) < 4.78 is 49.0. The Morgan fingerprint density at radius 2 is 1.75 bits per heavy atom. The first kappa shape index (κ1) is 25.5. The van der Waals surface area contributed by atoms with E-state index in [-0.39, 0.29) is 35.0 Å². The average molecular weight is 467 g/mol. The molecule has 1 atom stereocenters. The summed E-state index contributed by atoms with van der Waals surface area (Å²) in [4.78, 5) is 14.3. The van der Waals surface area contributed by atoms with E-state index in [1.54, 1.807) is 17.0 Å². The fourth-order valence-electron chi connectivity index (χ4n) is 2.89. The van der Waals surface area contributed by atoms with Crippen molar-refractivity contribution in [3.8, 4) is 11.5 Å². The number of rotatable bonds is 8. The Bertz CT molecular complexity index is 1030. The van der Waals surface area contributed by atoms with Crippen molar-refractivity contribution < 1.29 is 26.5 Å². The second kappa shape index (κ2) is 10.2. The Morgan fingerprint density at radius 1 is 1.12 bits per heavy atom. The third-order valence-corrected chi connectivity index (χ3v) is 6.00. The molecule has 176 valence electrons. The molecule has 0 spiro atoms. The number of halogens is 1. The number of amides is 2. The van der Waals surface area contributed by atoms with Crippen LogP contribution in [-0.4, -0.2) is 38.0 Å². The lowest BCUT2D eigenvalue weighted by molar-refractivity contribution is 0.165. The molecule has 0 aromatic heterocycles. The molecule has 2 aromatic rings. The van der Waals surface area contributed by atoms with E-state index in [1.165, 1.54) is 13.2 Å². The maximum atomic E-state index is 13.2. The highest BCUT2D eigenvalue weighted by atomic mass is 32.2. The molecule has 32 heavy (non-hydrogen) atoms. The summed E-state index contributed by atoms with van der Waals surface area (Å²) in [5.74, 6) is -0.356. The first-order chi connectivity index (χ1) is 14.9. The number of hydrogen-bond acceptors (Lipinski definition) is 5. The van der Waals surface area contributed by atoms with Gasteiger partial charge in [-0.25, -0.2) is 9.18 Å². The number of methoxy groups -OCH3 is 1. The normalized spacial score (nSPS) is 12.7. The lowest BCUT2D eigenvalue weighted by atomic mass is 10.1. The number of nitrogens with zero attached hydrogens (tertiary/aromatic N) is 1. The van der Waals surface area contributed by atoms with E-state index in [2.05, 4.69) is 5.32 Å². The monoisotopic (exact) mass is 466 g/mol. The van der Waals surface area contributed by atoms with E-state index in [4.69, 9.17) is 8.92 Å². The van der Waals surface area contributed by atoms with Gasteiger partial charge in [0.25, 0.3) is 0 Å². The van der Waals surface area contributed by atoms with Crippen molar-refractivity contribution in [3.05, 3.63) is 53.8 Å². The van der Waals surface area contributed by atoms with Crippen LogP contribution in [0, 0.1) is 5.82 Å². The highest BCUT2D eigenvalue weighted by molar-refractivity contribution is 7.87. The van der Waals surface area contributed by atoms with Crippen LogP contribution >= 0.6 is 0 Å². The Hall–Kier alpha value is -2.81. The summed E-state index contributed by atoms with van der Waals surface area (Å²) in [6.45, 7) is 9.88. The van der Waals surface area contributed by atoms with Gasteiger partial charge < -0.3 is 19.1 Å². The second-order valence-electron chi connectivity index (χ2n) is 8.54. The van der Waals surface area contributed by atoms with Crippen LogP contribution in [0.2, 0.25) is 0 Å². The van der Waals surface area contributed by atoms with Crippen molar-refractivity contribution in [2.45, 2.75) is 64.1 Å². The highest BCUT2D eigenvalue weighted by Gasteiger charge is 2.25. The van der Waals surface area contributed by atoms with Crippen LogP contribution in [0.4, 0.5) is 9.18 Å². The zero-order valence-electron chi connectivity index (χ0n) is 19.3. The van der Waals surface area contributed by atoms with Crippen molar-refractivity contribution >= 4 is 16.1 Å². The number of carbonyl (C=O) groups excluding carboxylic acids is 1. The maximum absolute atomic E-state index is 13.2. The molecular weight excluding hydrogens is 435 g/mol. The summed E-state index contributed by atoms with van der Waals surface area (Å²) in [6.07, 6.45) is 0.746. The Labute approximate surface area is 189 Å². The summed E-state index contributed by atoms with van der Waals surface area (Å²) in [6, 6.07) is 8.93. The van der Waals surface area contributed by atoms with Gasteiger partial charge in [-0.3, -0.25) is 0 Å². The molecule has 0 aliphatic carbocycles. The summed E-state index contributed by atoms with van der Waals surface area (Å²) in [7, 11) is -2.81. The summed E-state index contributed by atoms with van der Waals surface area (Å²) in [5, 5.41) is 2.96. The van der Waals surface area contributed by atoms with Gasteiger partial charge in [0.2, 0.25) is 0 Å². The molecule has 0 aliphatic heterocycles. The average Bonchev–Trinajstić information content (AvgIpc) is 2.70. The Morgan fingerprint density at radius 3 is 2.28 bits per heavy atom. The van der Waals surface area contributed by atoms with E-state index in [9.17, 15) is 17.6 Å². The first-order valence-corrected chi connectivity index (χ1v) is 11.7. The molecule has 2 aromatic carbocycles. The van der Waals surface area contributed by atoms with Crippen LogP contribution in [0.25, 0.3) is 0 Å². The molecule has 0 fully saturated rings. The molecule has 9 heteroatoms. The maximum Gasteiger partial charge on any atom is 0.339 e. The Kier molecular flexibility index (Phi) is 8.12. The highest BCUT2D eigenvalue weighted by Crippen LogP contribution is 2.31. The predicted molar refractivity (Wildman–Crippen MR) is 121 cm³/mol. The molecule has 0 unspecified atom stereocenters. The molecule has 7 nitrogen and oxygen atoms in total. The molecule has 0 heterocycles. The number of hydrogen-bond donors (Lipinski definition) is 1. The van der Waals surface area contributed by atoms with Gasteiger partial charge in [0.15, 0.2) is 11.5 Å². The molecule has 0 radical (unpaired) electrons. The number of urea groups is 1. The number of benzene rings is 2. The van der Waals surface area contributed by atoms with Gasteiger partial charge in [0.05, 0.1) is 7.11 Å². The van der Waals surface area contributed by atoms with Crippen LogP contribution in [0.3, 0.4) is 0 Å². The fraction of sp³-hybridized carbons (Fsp3) is 0.435. The molecular formula is C23H31FN2O5S.